The molecule has 1 heterocycles. The van der Waals surface area contributed by atoms with Gasteiger partial charge < -0.3 is 10.2 Å². The fourth-order valence-electron chi connectivity index (χ4n) is 1.96. The Balaban J connectivity index is 2.33. The predicted molar refractivity (Wildman–Crippen MR) is 67.5 cm³/mol. The molecule has 0 spiro atoms. The van der Waals surface area contributed by atoms with E-state index in [1.807, 2.05) is 0 Å². The van der Waals surface area contributed by atoms with Gasteiger partial charge in [-0.15, -0.1) is 0 Å². The lowest BCUT2D eigenvalue weighted by molar-refractivity contribution is 0.306. The Bertz CT molecular complexity index is 290. The molecule has 0 aromatic rings. The van der Waals surface area contributed by atoms with Crippen LogP contribution in [0.25, 0.3) is 0 Å². The summed E-state index contributed by atoms with van der Waals surface area (Å²) < 4.78 is 22.8. The van der Waals surface area contributed by atoms with E-state index in [0.29, 0.717) is 18.3 Å². The van der Waals surface area contributed by atoms with Gasteiger partial charge in [0.1, 0.15) is 0 Å². The number of sulfone groups is 1. The number of hydrogen-bond acceptors (Lipinski definition) is 4. The maximum Gasteiger partial charge on any atom is 0.151 e. The normalized spacial score (nSPS) is 24.2. The molecule has 0 radical (unpaired) electrons. The van der Waals surface area contributed by atoms with Crippen molar-refractivity contribution in [1.29, 1.82) is 0 Å². The first-order valence-corrected chi connectivity index (χ1v) is 8.05. The van der Waals surface area contributed by atoms with E-state index in [-0.39, 0.29) is 5.75 Å². The average Bonchev–Trinajstić information content (AvgIpc) is 2.51. The van der Waals surface area contributed by atoms with Crippen LogP contribution in [0.4, 0.5) is 0 Å². The number of hydrogen-bond donors (Lipinski definition) is 1. The minimum Gasteiger partial charge on any atom is -0.313 e. The summed E-state index contributed by atoms with van der Waals surface area (Å²) in [5.74, 6) is 0.566. The molecule has 16 heavy (non-hydrogen) atoms. The van der Waals surface area contributed by atoms with Gasteiger partial charge in [-0.3, -0.25) is 0 Å². The molecule has 0 aromatic carbocycles. The third-order valence-electron chi connectivity index (χ3n) is 3.31. The van der Waals surface area contributed by atoms with E-state index in [0.717, 1.165) is 32.5 Å². The van der Waals surface area contributed by atoms with Gasteiger partial charge in [0.15, 0.2) is 9.84 Å². The van der Waals surface area contributed by atoms with E-state index >= 15 is 0 Å². The molecule has 0 aromatic heterocycles. The molecular formula is C11H24N2O2S. The van der Waals surface area contributed by atoms with Crippen LogP contribution in [-0.2, 0) is 9.84 Å². The van der Waals surface area contributed by atoms with Crippen LogP contribution >= 0.6 is 0 Å². The average molecular weight is 248 g/mol. The molecule has 0 aliphatic carbocycles. The largest absolute Gasteiger partial charge is 0.313 e. The minimum absolute atomic E-state index is 0.261. The lowest BCUT2D eigenvalue weighted by atomic mass is 10.1. The standard InChI is InChI=1S/C11H24N2O2S/c1-3-11-5-7-13(8-6-12-11)9-10-16(14,15)4-2/h11-12H,3-10H2,1-2H3. The van der Waals surface area contributed by atoms with Crippen LogP contribution in [0.3, 0.4) is 0 Å². The van der Waals surface area contributed by atoms with Crippen LogP contribution in [0.5, 0.6) is 0 Å². The number of rotatable bonds is 5. The van der Waals surface area contributed by atoms with E-state index < -0.39 is 9.84 Å². The maximum atomic E-state index is 11.4. The van der Waals surface area contributed by atoms with E-state index in [1.54, 1.807) is 6.92 Å². The summed E-state index contributed by atoms with van der Waals surface area (Å²) in [6.07, 6.45) is 2.28. The second-order valence-corrected chi connectivity index (χ2v) is 6.90. The molecule has 1 aliphatic heterocycles. The van der Waals surface area contributed by atoms with Gasteiger partial charge >= 0.3 is 0 Å². The van der Waals surface area contributed by atoms with Crippen LogP contribution in [0.15, 0.2) is 0 Å². The molecule has 0 bridgehead atoms. The summed E-state index contributed by atoms with van der Waals surface area (Å²) >= 11 is 0. The quantitative estimate of drug-likeness (QED) is 0.769. The summed E-state index contributed by atoms with van der Waals surface area (Å²) in [6, 6.07) is 0.604. The van der Waals surface area contributed by atoms with Gasteiger partial charge in [-0.25, -0.2) is 8.42 Å². The van der Waals surface area contributed by atoms with Crippen LogP contribution in [0.2, 0.25) is 0 Å². The van der Waals surface area contributed by atoms with Gasteiger partial charge in [-0.2, -0.15) is 0 Å². The third kappa shape index (κ3) is 4.80. The number of nitrogens with zero attached hydrogens (tertiary/aromatic N) is 1. The molecule has 0 saturated carbocycles. The second kappa shape index (κ2) is 6.57. The van der Waals surface area contributed by atoms with E-state index in [4.69, 9.17) is 0 Å². The van der Waals surface area contributed by atoms with Gasteiger partial charge in [-0.05, 0) is 19.4 Å². The lowest BCUT2D eigenvalue weighted by Crippen LogP contribution is -2.33. The summed E-state index contributed by atoms with van der Waals surface area (Å²) in [4.78, 5) is 2.26. The molecule has 5 heteroatoms. The maximum absolute atomic E-state index is 11.4. The molecule has 1 atom stereocenters. The monoisotopic (exact) mass is 248 g/mol. The van der Waals surface area contributed by atoms with Gasteiger partial charge in [0.2, 0.25) is 0 Å². The highest BCUT2D eigenvalue weighted by atomic mass is 32.2. The highest BCUT2D eigenvalue weighted by Gasteiger charge is 2.16. The zero-order valence-electron chi connectivity index (χ0n) is 10.4. The summed E-state index contributed by atoms with van der Waals surface area (Å²) in [6.45, 7) is 7.56. The first-order chi connectivity index (χ1) is 7.57. The lowest BCUT2D eigenvalue weighted by Gasteiger charge is -2.19. The van der Waals surface area contributed by atoms with Crippen molar-refractivity contribution in [3.63, 3.8) is 0 Å². The van der Waals surface area contributed by atoms with Crippen molar-refractivity contribution < 1.29 is 8.42 Å². The van der Waals surface area contributed by atoms with Crippen LogP contribution < -0.4 is 5.32 Å². The number of nitrogens with one attached hydrogen (secondary N) is 1. The molecule has 4 nitrogen and oxygen atoms in total. The van der Waals surface area contributed by atoms with Crippen molar-refractivity contribution >= 4 is 9.84 Å². The highest BCUT2D eigenvalue weighted by molar-refractivity contribution is 7.91. The zero-order valence-corrected chi connectivity index (χ0v) is 11.2. The Morgan fingerprint density at radius 3 is 2.69 bits per heavy atom. The fraction of sp³-hybridized carbons (Fsp3) is 1.00. The first kappa shape index (κ1) is 13.9. The molecule has 1 unspecified atom stereocenters. The molecular weight excluding hydrogens is 224 g/mol. The van der Waals surface area contributed by atoms with Crippen molar-refractivity contribution in [3.05, 3.63) is 0 Å². The Hall–Kier alpha value is -0.130. The van der Waals surface area contributed by atoms with Crippen LogP contribution in [0, 0.1) is 0 Å². The predicted octanol–water partition coefficient (Wildman–Crippen LogP) is 0.495. The summed E-state index contributed by atoms with van der Waals surface area (Å²) in [5, 5.41) is 3.48. The second-order valence-electron chi connectivity index (χ2n) is 4.43. The first-order valence-electron chi connectivity index (χ1n) is 6.23. The smallest absolute Gasteiger partial charge is 0.151 e. The summed E-state index contributed by atoms with van der Waals surface area (Å²) in [5.41, 5.74) is 0. The van der Waals surface area contributed by atoms with E-state index in [2.05, 4.69) is 17.1 Å². The van der Waals surface area contributed by atoms with Crippen molar-refractivity contribution in [2.45, 2.75) is 32.7 Å². The Morgan fingerprint density at radius 2 is 2.06 bits per heavy atom. The van der Waals surface area contributed by atoms with Gasteiger partial charge in [0.25, 0.3) is 0 Å². The highest BCUT2D eigenvalue weighted by Crippen LogP contribution is 2.05. The van der Waals surface area contributed by atoms with Gasteiger partial charge in [0, 0.05) is 31.4 Å². The Kier molecular flexibility index (Phi) is 5.72. The van der Waals surface area contributed by atoms with Crippen molar-refractivity contribution in [3.8, 4) is 0 Å². The molecule has 1 rings (SSSR count). The molecule has 96 valence electrons. The van der Waals surface area contributed by atoms with E-state index in [1.165, 1.54) is 0 Å². The van der Waals surface area contributed by atoms with Crippen molar-refractivity contribution in [2.24, 2.45) is 0 Å². The molecule has 1 fully saturated rings. The van der Waals surface area contributed by atoms with Gasteiger partial charge in [-0.1, -0.05) is 13.8 Å². The SMILES string of the molecule is CCC1CCN(CCS(=O)(=O)CC)CCN1. The zero-order chi connectivity index (χ0) is 12.0. The van der Waals surface area contributed by atoms with E-state index in [9.17, 15) is 8.42 Å². The Labute approximate surface area is 99.3 Å². The van der Waals surface area contributed by atoms with Gasteiger partial charge in [0.05, 0.1) is 5.75 Å². The fourth-order valence-corrected chi connectivity index (χ4v) is 2.79. The Morgan fingerprint density at radius 1 is 1.31 bits per heavy atom. The van der Waals surface area contributed by atoms with Crippen molar-refractivity contribution in [2.75, 3.05) is 37.7 Å². The van der Waals surface area contributed by atoms with Crippen LogP contribution in [-0.4, -0.2) is 57.0 Å². The molecule has 1 saturated heterocycles. The minimum atomic E-state index is -2.81. The van der Waals surface area contributed by atoms with Crippen molar-refractivity contribution in [1.82, 2.24) is 10.2 Å². The third-order valence-corrected chi connectivity index (χ3v) is 4.99. The summed E-state index contributed by atoms with van der Waals surface area (Å²) in [7, 11) is -2.81. The molecule has 1 N–H and O–H groups in total. The molecule has 0 amide bonds. The molecule has 1 aliphatic rings. The topological polar surface area (TPSA) is 49.4 Å². The van der Waals surface area contributed by atoms with Crippen LogP contribution in [0.1, 0.15) is 26.7 Å².